The van der Waals surface area contributed by atoms with E-state index >= 15 is 0 Å². The largest absolute Gasteiger partial charge is 0.327 e. The maximum atomic E-state index is 13.1. The van der Waals surface area contributed by atoms with E-state index < -0.39 is 11.0 Å². The smallest absolute Gasteiger partial charge is 0.272 e. The Morgan fingerprint density at radius 3 is 2.61 bits per heavy atom. The van der Waals surface area contributed by atoms with Crippen molar-refractivity contribution in [1.82, 2.24) is 4.90 Å². The lowest BCUT2D eigenvalue weighted by Crippen LogP contribution is -2.43. The number of amides is 2. The van der Waals surface area contributed by atoms with Crippen molar-refractivity contribution in [2.24, 2.45) is 0 Å². The van der Waals surface area contributed by atoms with Gasteiger partial charge in [0, 0.05) is 29.4 Å². The van der Waals surface area contributed by atoms with Crippen LogP contribution in [0.25, 0.3) is 11.1 Å². The molecule has 1 saturated heterocycles. The highest BCUT2D eigenvalue weighted by Gasteiger charge is 2.35. The van der Waals surface area contributed by atoms with Crippen LogP contribution in [-0.4, -0.2) is 34.2 Å². The fourth-order valence-corrected chi connectivity index (χ4v) is 4.89. The van der Waals surface area contributed by atoms with Gasteiger partial charge in [0.05, 0.1) is 4.92 Å². The van der Waals surface area contributed by atoms with Gasteiger partial charge < -0.3 is 10.2 Å². The summed E-state index contributed by atoms with van der Waals surface area (Å²) in [5.41, 5.74) is 6.35. The van der Waals surface area contributed by atoms with Gasteiger partial charge in [0.15, 0.2) is 0 Å². The van der Waals surface area contributed by atoms with Crippen LogP contribution in [0, 0.1) is 17.0 Å². The van der Waals surface area contributed by atoms with Gasteiger partial charge in [0.2, 0.25) is 5.91 Å². The van der Waals surface area contributed by atoms with E-state index in [1.165, 1.54) is 40.5 Å². The average Bonchev–Trinajstić information content (AvgIpc) is 3.43. The predicted octanol–water partition coefficient (Wildman–Crippen LogP) is 4.72. The lowest BCUT2D eigenvalue weighted by Gasteiger charge is -2.24. The lowest BCUT2D eigenvalue weighted by molar-refractivity contribution is -0.385. The van der Waals surface area contributed by atoms with Crippen LogP contribution >= 0.6 is 0 Å². The molecule has 2 aliphatic rings. The Morgan fingerprint density at radius 2 is 1.82 bits per heavy atom. The van der Waals surface area contributed by atoms with Gasteiger partial charge in [-0.05, 0) is 72.7 Å². The van der Waals surface area contributed by atoms with Crippen molar-refractivity contribution in [3.63, 3.8) is 0 Å². The summed E-state index contributed by atoms with van der Waals surface area (Å²) in [5.74, 6) is -0.495. The number of benzene rings is 3. The van der Waals surface area contributed by atoms with Gasteiger partial charge in [-0.3, -0.25) is 19.7 Å². The zero-order valence-corrected chi connectivity index (χ0v) is 18.2. The van der Waals surface area contributed by atoms with Crippen molar-refractivity contribution in [1.29, 1.82) is 0 Å². The number of rotatable bonds is 4. The normalized spacial score (nSPS) is 16.3. The van der Waals surface area contributed by atoms with E-state index in [1.807, 2.05) is 30.3 Å². The van der Waals surface area contributed by atoms with Gasteiger partial charge in [0.1, 0.15) is 6.04 Å². The third-order valence-corrected chi connectivity index (χ3v) is 6.52. The SMILES string of the molecule is Cc1cc(C(=O)N2CCCC2C(=O)Nc2ccc3c(c2)Cc2ccccc2-3)ccc1[N+](=O)[O-]. The van der Waals surface area contributed by atoms with Crippen molar-refractivity contribution >= 4 is 23.2 Å². The van der Waals surface area contributed by atoms with E-state index in [1.54, 1.807) is 11.8 Å². The maximum Gasteiger partial charge on any atom is 0.272 e. The van der Waals surface area contributed by atoms with E-state index in [4.69, 9.17) is 0 Å². The van der Waals surface area contributed by atoms with Crippen LogP contribution < -0.4 is 5.32 Å². The third-order valence-electron chi connectivity index (χ3n) is 6.52. The summed E-state index contributed by atoms with van der Waals surface area (Å²) < 4.78 is 0. The molecule has 0 radical (unpaired) electrons. The van der Waals surface area contributed by atoms with Crippen LogP contribution in [0.2, 0.25) is 0 Å². The number of hydrogen-bond acceptors (Lipinski definition) is 4. The number of nitro groups is 1. The molecule has 5 rings (SSSR count). The highest BCUT2D eigenvalue weighted by Crippen LogP contribution is 2.37. The van der Waals surface area contributed by atoms with Gasteiger partial charge in [-0.25, -0.2) is 0 Å². The summed E-state index contributed by atoms with van der Waals surface area (Å²) in [5, 5.41) is 14.1. The minimum absolute atomic E-state index is 0.0268. The zero-order chi connectivity index (χ0) is 23.1. The molecule has 166 valence electrons. The van der Waals surface area contributed by atoms with Gasteiger partial charge in [-0.2, -0.15) is 0 Å². The molecule has 1 unspecified atom stereocenters. The van der Waals surface area contributed by atoms with E-state index in [0.29, 0.717) is 24.1 Å². The molecule has 1 atom stereocenters. The quantitative estimate of drug-likeness (QED) is 0.366. The van der Waals surface area contributed by atoms with E-state index in [9.17, 15) is 19.7 Å². The molecule has 1 aliphatic heterocycles. The molecule has 1 N–H and O–H groups in total. The number of carbonyl (C=O) groups excluding carboxylic acids is 2. The summed E-state index contributed by atoms with van der Waals surface area (Å²) >= 11 is 0. The van der Waals surface area contributed by atoms with Crippen LogP contribution in [0.5, 0.6) is 0 Å². The number of nitrogens with one attached hydrogen (secondary N) is 1. The number of hydrogen-bond donors (Lipinski definition) is 1. The second-order valence-corrected chi connectivity index (χ2v) is 8.61. The first-order valence-corrected chi connectivity index (χ1v) is 11.0. The fraction of sp³-hybridized carbons (Fsp3) is 0.231. The number of fused-ring (bicyclic) bond motifs is 3. The third kappa shape index (κ3) is 3.75. The highest BCUT2D eigenvalue weighted by molar-refractivity contribution is 6.02. The van der Waals surface area contributed by atoms with Crippen molar-refractivity contribution in [2.45, 2.75) is 32.2 Å². The number of likely N-dealkylation sites (tertiary alicyclic amines) is 1. The molecule has 7 nitrogen and oxygen atoms in total. The molecule has 3 aromatic carbocycles. The first kappa shape index (κ1) is 20.9. The van der Waals surface area contributed by atoms with Crippen molar-refractivity contribution < 1.29 is 14.5 Å². The summed E-state index contributed by atoms with van der Waals surface area (Å²) in [6, 6.07) is 18.0. The van der Waals surface area contributed by atoms with Gasteiger partial charge in [-0.15, -0.1) is 0 Å². The summed E-state index contributed by atoms with van der Waals surface area (Å²) in [4.78, 5) is 38.4. The van der Waals surface area contributed by atoms with Crippen molar-refractivity contribution in [3.8, 4) is 11.1 Å². The molecule has 1 aliphatic carbocycles. The minimum atomic E-state index is -0.571. The Morgan fingerprint density at radius 1 is 1.03 bits per heavy atom. The summed E-state index contributed by atoms with van der Waals surface area (Å²) in [7, 11) is 0. The van der Waals surface area contributed by atoms with Crippen LogP contribution in [-0.2, 0) is 11.2 Å². The molecule has 0 saturated carbocycles. The fourth-order valence-electron chi connectivity index (χ4n) is 4.89. The van der Waals surface area contributed by atoms with Crippen LogP contribution in [0.15, 0.2) is 60.7 Å². The Labute approximate surface area is 191 Å². The number of nitrogens with zero attached hydrogens (tertiary/aromatic N) is 2. The topological polar surface area (TPSA) is 92.6 Å². The molecule has 0 spiro atoms. The Bertz CT molecular complexity index is 1300. The summed E-state index contributed by atoms with van der Waals surface area (Å²) in [6.07, 6.45) is 2.15. The number of aryl methyl sites for hydroxylation is 1. The number of carbonyl (C=O) groups is 2. The van der Waals surface area contributed by atoms with E-state index in [-0.39, 0.29) is 17.5 Å². The average molecular weight is 441 g/mol. The highest BCUT2D eigenvalue weighted by atomic mass is 16.6. The van der Waals surface area contributed by atoms with Crippen molar-refractivity contribution in [3.05, 3.63) is 93.0 Å². The standard InChI is InChI=1S/C26H23N3O4/c1-16-13-18(8-11-23(16)29(32)33)26(31)28-12-4-7-24(28)25(30)27-20-9-10-22-19(15-20)14-17-5-2-3-6-21(17)22/h2-3,5-6,8-11,13,15,24H,4,7,12,14H2,1H3,(H,27,30). The number of anilines is 1. The number of nitro benzene ring substituents is 1. The van der Waals surface area contributed by atoms with Gasteiger partial charge >= 0.3 is 0 Å². The maximum absolute atomic E-state index is 13.1. The van der Waals surface area contributed by atoms with E-state index in [2.05, 4.69) is 17.4 Å². The molecule has 7 heteroatoms. The molecule has 1 fully saturated rings. The van der Waals surface area contributed by atoms with Gasteiger partial charge in [-0.1, -0.05) is 30.3 Å². The first-order chi connectivity index (χ1) is 15.9. The monoisotopic (exact) mass is 441 g/mol. The molecule has 2 amide bonds. The lowest BCUT2D eigenvalue weighted by atomic mass is 10.1. The Kier molecular flexibility index (Phi) is 5.17. The second-order valence-electron chi connectivity index (χ2n) is 8.61. The van der Waals surface area contributed by atoms with E-state index in [0.717, 1.165) is 18.5 Å². The first-order valence-electron chi connectivity index (χ1n) is 11.0. The Hall–Kier alpha value is -4.00. The summed E-state index contributed by atoms with van der Waals surface area (Å²) in [6.45, 7) is 2.08. The zero-order valence-electron chi connectivity index (χ0n) is 18.2. The van der Waals surface area contributed by atoms with Crippen molar-refractivity contribution in [2.75, 3.05) is 11.9 Å². The molecule has 0 aromatic heterocycles. The minimum Gasteiger partial charge on any atom is -0.327 e. The molecular formula is C26H23N3O4. The second kappa shape index (κ2) is 8.16. The van der Waals surface area contributed by atoms with Gasteiger partial charge in [0.25, 0.3) is 11.6 Å². The predicted molar refractivity (Wildman–Crippen MR) is 125 cm³/mol. The van der Waals surface area contributed by atoms with Crippen LogP contribution in [0.4, 0.5) is 11.4 Å². The van der Waals surface area contributed by atoms with Crippen LogP contribution in [0.1, 0.15) is 39.9 Å². The molecular weight excluding hydrogens is 418 g/mol. The molecule has 1 heterocycles. The Balaban J connectivity index is 1.32. The molecule has 33 heavy (non-hydrogen) atoms. The van der Waals surface area contributed by atoms with Crippen LogP contribution in [0.3, 0.4) is 0 Å². The molecule has 0 bridgehead atoms. The molecule has 3 aromatic rings.